The van der Waals surface area contributed by atoms with Gasteiger partial charge in [-0.3, -0.25) is 10.1 Å². The normalized spacial score (nSPS) is 20.3. The van der Waals surface area contributed by atoms with E-state index in [0.29, 0.717) is 11.5 Å². The number of fused-ring (bicyclic) bond motifs is 1. The van der Waals surface area contributed by atoms with E-state index in [1.807, 2.05) is 0 Å². The molecule has 2 atom stereocenters. The summed E-state index contributed by atoms with van der Waals surface area (Å²) in [4.78, 5) is 36.2. The molecule has 0 radical (unpaired) electrons. The maximum atomic E-state index is 12.2. The summed E-state index contributed by atoms with van der Waals surface area (Å²) in [6, 6.07) is 6.49. The van der Waals surface area contributed by atoms with Crippen molar-refractivity contribution in [2.45, 2.75) is 57.3 Å². The lowest BCUT2D eigenvalue weighted by Gasteiger charge is -2.26. The molecule has 0 bridgehead atoms. The van der Waals surface area contributed by atoms with E-state index in [4.69, 9.17) is 14.2 Å². The van der Waals surface area contributed by atoms with Crippen LogP contribution in [-0.2, 0) is 14.3 Å². The first kappa shape index (κ1) is 19.0. The van der Waals surface area contributed by atoms with Gasteiger partial charge in [0.05, 0.1) is 0 Å². The van der Waals surface area contributed by atoms with Gasteiger partial charge in [-0.05, 0) is 31.9 Å². The van der Waals surface area contributed by atoms with Crippen molar-refractivity contribution in [1.82, 2.24) is 10.6 Å². The van der Waals surface area contributed by atoms with E-state index in [0.717, 1.165) is 25.7 Å². The van der Waals surface area contributed by atoms with Gasteiger partial charge in [0.15, 0.2) is 17.6 Å². The van der Waals surface area contributed by atoms with Crippen molar-refractivity contribution in [2.75, 3.05) is 6.61 Å². The average molecular weight is 376 g/mol. The van der Waals surface area contributed by atoms with Gasteiger partial charge in [-0.1, -0.05) is 31.4 Å². The molecule has 0 aromatic heterocycles. The number of amides is 3. The summed E-state index contributed by atoms with van der Waals surface area (Å²) in [5, 5.41) is 4.99. The highest BCUT2D eigenvalue weighted by molar-refractivity contribution is 5.97. The van der Waals surface area contributed by atoms with Crippen LogP contribution in [0.25, 0.3) is 0 Å². The number of carbonyl (C=O) groups is 3. The molecule has 2 aliphatic rings. The Morgan fingerprint density at radius 1 is 1.11 bits per heavy atom. The minimum Gasteiger partial charge on any atom is -0.485 e. The van der Waals surface area contributed by atoms with Gasteiger partial charge in [0.25, 0.3) is 5.91 Å². The number of rotatable bonds is 4. The summed E-state index contributed by atoms with van der Waals surface area (Å²) in [5.74, 6) is -0.421. The molecule has 1 saturated carbocycles. The number of hydrogen-bond acceptors (Lipinski definition) is 6. The van der Waals surface area contributed by atoms with Crippen LogP contribution in [0, 0.1) is 0 Å². The largest absolute Gasteiger partial charge is 0.485 e. The van der Waals surface area contributed by atoms with Crippen molar-refractivity contribution in [3.8, 4) is 11.5 Å². The van der Waals surface area contributed by atoms with E-state index in [-0.39, 0.29) is 12.6 Å². The SMILES string of the molecule is C[C@@H](OC(=O)[C@@H]1COc2ccccc2O1)C(=O)NC(=O)NC1CCCCC1. The van der Waals surface area contributed by atoms with Gasteiger partial charge in [-0.2, -0.15) is 0 Å². The van der Waals surface area contributed by atoms with E-state index in [1.165, 1.54) is 13.3 Å². The number of imide groups is 1. The maximum absolute atomic E-state index is 12.2. The van der Waals surface area contributed by atoms with Crippen LogP contribution in [0.3, 0.4) is 0 Å². The van der Waals surface area contributed by atoms with Crippen LogP contribution in [0.15, 0.2) is 24.3 Å². The third-order valence-electron chi connectivity index (χ3n) is 4.61. The number of urea groups is 1. The van der Waals surface area contributed by atoms with Crippen LogP contribution < -0.4 is 20.1 Å². The fraction of sp³-hybridized carbons (Fsp3) is 0.526. The Hall–Kier alpha value is -2.77. The van der Waals surface area contributed by atoms with Crippen LogP contribution in [0.2, 0.25) is 0 Å². The van der Waals surface area contributed by atoms with Crippen molar-refractivity contribution in [3.63, 3.8) is 0 Å². The number of nitrogens with one attached hydrogen (secondary N) is 2. The summed E-state index contributed by atoms with van der Waals surface area (Å²) in [7, 11) is 0. The molecule has 0 unspecified atom stereocenters. The fourth-order valence-corrected chi connectivity index (χ4v) is 3.12. The smallest absolute Gasteiger partial charge is 0.351 e. The number of hydrogen-bond donors (Lipinski definition) is 2. The topological polar surface area (TPSA) is 103 Å². The highest BCUT2D eigenvalue weighted by Crippen LogP contribution is 2.31. The number of benzene rings is 1. The fourth-order valence-electron chi connectivity index (χ4n) is 3.12. The quantitative estimate of drug-likeness (QED) is 0.778. The molecule has 1 aromatic carbocycles. The van der Waals surface area contributed by atoms with E-state index < -0.39 is 30.1 Å². The van der Waals surface area contributed by atoms with Gasteiger partial charge in [0.2, 0.25) is 6.10 Å². The molecular formula is C19H24N2O6. The molecule has 8 heteroatoms. The van der Waals surface area contributed by atoms with Gasteiger partial charge in [0.1, 0.15) is 6.61 Å². The Bertz CT molecular complexity index is 701. The van der Waals surface area contributed by atoms with E-state index >= 15 is 0 Å². The molecule has 3 rings (SSSR count). The number of ether oxygens (including phenoxy) is 3. The summed E-state index contributed by atoms with van der Waals surface area (Å²) < 4.78 is 16.1. The lowest BCUT2D eigenvalue weighted by molar-refractivity contribution is -0.163. The lowest BCUT2D eigenvalue weighted by atomic mass is 9.96. The van der Waals surface area contributed by atoms with Gasteiger partial charge in [-0.15, -0.1) is 0 Å². The van der Waals surface area contributed by atoms with Crippen molar-refractivity contribution >= 4 is 17.9 Å². The molecule has 8 nitrogen and oxygen atoms in total. The Kier molecular flexibility index (Phi) is 6.16. The summed E-state index contributed by atoms with van der Waals surface area (Å²) in [6.45, 7) is 1.39. The van der Waals surface area contributed by atoms with Crippen LogP contribution >= 0.6 is 0 Å². The van der Waals surface area contributed by atoms with Crippen LogP contribution in [0.4, 0.5) is 4.79 Å². The molecule has 1 aliphatic carbocycles. The van der Waals surface area contributed by atoms with Crippen molar-refractivity contribution in [2.24, 2.45) is 0 Å². The van der Waals surface area contributed by atoms with Gasteiger partial charge in [-0.25, -0.2) is 9.59 Å². The predicted octanol–water partition coefficient (Wildman–Crippen LogP) is 1.92. The van der Waals surface area contributed by atoms with E-state index in [1.54, 1.807) is 24.3 Å². The van der Waals surface area contributed by atoms with Crippen molar-refractivity contribution in [3.05, 3.63) is 24.3 Å². The van der Waals surface area contributed by atoms with Crippen LogP contribution in [-0.4, -0.2) is 42.8 Å². The molecule has 0 saturated heterocycles. The Labute approximate surface area is 157 Å². The second-order valence-corrected chi connectivity index (χ2v) is 6.74. The molecule has 1 fully saturated rings. The van der Waals surface area contributed by atoms with Gasteiger partial charge >= 0.3 is 12.0 Å². The molecule has 1 heterocycles. The first-order valence-electron chi connectivity index (χ1n) is 9.23. The monoisotopic (exact) mass is 376 g/mol. The number of para-hydroxylation sites is 2. The molecule has 146 valence electrons. The molecule has 2 N–H and O–H groups in total. The minimum absolute atomic E-state index is 0.00759. The highest BCUT2D eigenvalue weighted by Gasteiger charge is 2.31. The van der Waals surface area contributed by atoms with Crippen LogP contribution in [0.1, 0.15) is 39.0 Å². The zero-order valence-electron chi connectivity index (χ0n) is 15.2. The zero-order valence-corrected chi connectivity index (χ0v) is 15.2. The number of carbonyl (C=O) groups excluding carboxylic acids is 3. The Morgan fingerprint density at radius 3 is 2.56 bits per heavy atom. The van der Waals surface area contributed by atoms with Crippen LogP contribution in [0.5, 0.6) is 11.5 Å². The molecule has 0 spiro atoms. The standard InChI is InChI=1S/C19H24N2O6/c1-12(17(22)21-19(24)20-13-7-3-2-4-8-13)26-18(23)16-11-25-14-9-5-6-10-15(14)27-16/h5-6,9-10,12-13,16H,2-4,7-8,11H2,1H3,(H2,20,21,22,24)/t12-,16+/m1/s1. The lowest BCUT2D eigenvalue weighted by Crippen LogP contribution is -2.49. The van der Waals surface area contributed by atoms with Gasteiger partial charge in [0, 0.05) is 6.04 Å². The molecule has 27 heavy (non-hydrogen) atoms. The zero-order chi connectivity index (χ0) is 19.2. The predicted molar refractivity (Wildman–Crippen MR) is 95.5 cm³/mol. The Morgan fingerprint density at radius 2 is 1.81 bits per heavy atom. The number of esters is 1. The third-order valence-corrected chi connectivity index (χ3v) is 4.61. The molecule has 3 amide bonds. The second kappa shape index (κ2) is 8.75. The molecule has 1 aliphatic heterocycles. The molecular weight excluding hydrogens is 352 g/mol. The average Bonchev–Trinajstić information content (AvgIpc) is 2.68. The van der Waals surface area contributed by atoms with Gasteiger partial charge < -0.3 is 19.5 Å². The minimum atomic E-state index is -1.13. The summed E-state index contributed by atoms with van der Waals surface area (Å²) >= 11 is 0. The van der Waals surface area contributed by atoms with Crippen molar-refractivity contribution < 1.29 is 28.6 Å². The van der Waals surface area contributed by atoms with Crippen molar-refractivity contribution in [1.29, 1.82) is 0 Å². The third kappa shape index (κ3) is 5.12. The summed E-state index contributed by atoms with van der Waals surface area (Å²) in [6.07, 6.45) is 3.03. The maximum Gasteiger partial charge on any atom is 0.351 e. The highest BCUT2D eigenvalue weighted by atomic mass is 16.6. The molecule has 1 aromatic rings. The first-order chi connectivity index (χ1) is 13.0. The summed E-state index contributed by atoms with van der Waals surface area (Å²) in [5.41, 5.74) is 0. The first-order valence-corrected chi connectivity index (χ1v) is 9.23. The van der Waals surface area contributed by atoms with E-state index in [9.17, 15) is 14.4 Å². The Balaban J connectivity index is 1.45. The van der Waals surface area contributed by atoms with E-state index in [2.05, 4.69) is 10.6 Å². The second-order valence-electron chi connectivity index (χ2n) is 6.74.